The van der Waals surface area contributed by atoms with Crippen LogP contribution in [0.4, 0.5) is 10.1 Å². The van der Waals surface area contributed by atoms with E-state index in [1.165, 1.54) is 6.92 Å². The van der Waals surface area contributed by atoms with Crippen molar-refractivity contribution in [2.75, 3.05) is 4.72 Å². The molecule has 0 aromatic heterocycles. The van der Waals surface area contributed by atoms with Crippen molar-refractivity contribution in [3.63, 3.8) is 0 Å². The Hall–Kier alpha value is -2.41. The molecule has 0 aliphatic carbocycles. The topological polar surface area (TPSA) is 83.5 Å². The van der Waals surface area contributed by atoms with Crippen molar-refractivity contribution in [2.24, 2.45) is 0 Å². The Morgan fingerprint density at radius 3 is 2.38 bits per heavy atom. The standard InChI is InChI=1S/C14H12FNO4S/c1-9-7-12(15)11(14(17)18)8-13(9)21(19,20)16-10-5-3-2-4-6-10/h2-8,16H,1H3,(H,17,18). The van der Waals surface area contributed by atoms with Gasteiger partial charge in [-0.25, -0.2) is 17.6 Å². The number of hydrogen-bond acceptors (Lipinski definition) is 3. The van der Waals surface area contributed by atoms with Crippen molar-refractivity contribution in [3.8, 4) is 0 Å². The van der Waals surface area contributed by atoms with Crippen LogP contribution in [0.15, 0.2) is 47.4 Å². The summed E-state index contributed by atoms with van der Waals surface area (Å²) in [6.07, 6.45) is 0. The number of hydrogen-bond donors (Lipinski definition) is 2. The number of nitrogens with one attached hydrogen (secondary N) is 1. The molecule has 0 heterocycles. The van der Waals surface area contributed by atoms with E-state index >= 15 is 0 Å². The molecule has 0 atom stereocenters. The minimum absolute atomic E-state index is 0.126. The van der Waals surface area contributed by atoms with Crippen LogP contribution in [0, 0.1) is 12.7 Å². The Balaban J connectivity index is 2.50. The van der Waals surface area contributed by atoms with Gasteiger partial charge in [-0.15, -0.1) is 0 Å². The summed E-state index contributed by atoms with van der Waals surface area (Å²) in [7, 11) is -4.00. The van der Waals surface area contributed by atoms with Crippen LogP contribution in [-0.2, 0) is 10.0 Å². The zero-order chi connectivity index (χ0) is 15.6. The summed E-state index contributed by atoms with van der Waals surface area (Å²) >= 11 is 0. The molecule has 0 aliphatic rings. The molecule has 0 fully saturated rings. The average molecular weight is 309 g/mol. The van der Waals surface area contributed by atoms with Gasteiger partial charge in [-0.05, 0) is 36.8 Å². The van der Waals surface area contributed by atoms with E-state index in [1.54, 1.807) is 30.3 Å². The third-order valence-electron chi connectivity index (χ3n) is 2.81. The van der Waals surface area contributed by atoms with Crippen molar-refractivity contribution < 1.29 is 22.7 Å². The first kappa shape index (κ1) is 15.0. The van der Waals surface area contributed by atoms with Gasteiger partial charge in [0.2, 0.25) is 0 Å². The van der Waals surface area contributed by atoms with Gasteiger partial charge in [0.1, 0.15) is 5.82 Å². The highest BCUT2D eigenvalue weighted by atomic mass is 32.2. The monoisotopic (exact) mass is 309 g/mol. The maximum absolute atomic E-state index is 13.5. The summed E-state index contributed by atoms with van der Waals surface area (Å²) in [6, 6.07) is 9.84. The molecule has 0 radical (unpaired) electrons. The molecular weight excluding hydrogens is 297 g/mol. The lowest BCUT2D eigenvalue weighted by Crippen LogP contribution is -2.16. The van der Waals surface area contributed by atoms with Crippen LogP contribution in [0.25, 0.3) is 0 Å². The Kier molecular flexibility index (Phi) is 3.95. The van der Waals surface area contributed by atoms with Crippen LogP contribution < -0.4 is 4.72 Å². The van der Waals surface area contributed by atoms with E-state index < -0.39 is 27.4 Å². The Labute approximate surface area is 121 Å². The number of anilines is 1. The van der Waals surface area contributed by atoms with Gasteiger partial charge in [-0.2, -0.15) is 0 Å². The van der Waals surface area contributed by atoms with Crippen LogP contribution in [0.1, 0.15) is 15.9 Å². The molecule has 7 heteroatoms. The SMILES string of the molecule is Cc1cc(F)c(C(=O)O)cc1S(=O)(=O)Nc1ccccc1. The van der Waals surface area contributed by atoms with Gasteiger partial charge in [0.05, 0.1) is 10.5 Å². The number of aromatic carboxylic acids is 1. The summed E-state index contributed by atoms with van der Waals surface area (Å²) in [5.74, 6) is -2.50. The number of para-hydroxylation sites is 1. The minimum Gasteiger partial charge on any atom is -0.478 e. The fourth-order valence-corrected chi connectivity index (χ4v) is 3.13. The van der Waals surface area contributed by atoms with Crippen molar-refractivity contribution in [1.82, 2.24) is 0 Å². The molecule has 2 N–H and O–H groups in total. The van der Waals surface area contributed by atoms with Crippen molar-refractivity contribution in [2.45, 2.75) is 11.8 Å². The third-order valence-corrected chi connectivity index (χ3v) is 4.33. The molecule has 0 bridgehead atoms. The zero-order valence-electron chi connectivity index (χ0n) is 11.0. The van der Waals surface area contributed by atoms with E-state index in [-0.39, 0.29) is 10.5 Å². The second-order valence-electron chi connectivity index (χ2n) is 4.37. The van der Waals surface area contributed by atoms with Crippen LogP contribution >= 0.6 is 0 Å². The Morgan fingerprint density at radius 1 is 1.19 bits per heavy atom. The maximum Gasteiger partial charge on any atom is 0.338 e. The van der Waals surface area contributed by atoms with Gasteiger partial charge in [0.25, 0.3) is 10.0 Å². The number of rotatable bonds is 4. The second kappa shape index (κ2) is 5.53. The quantitative estimate of drug-likeness (QED) is 0.909. The zero-order valence-corrected chi connectivity index (χ0v) is 11.8. The van der Waals surface area contributed by atoms with Crippen LogP contribution in [0.3, 0.4) is 0 Å². The van der Waals surface area contributed by atoms with Crippen molar-refractivity contribution >= 4 is 21.7 Å². The molecule has 21 heavy (non-hydrogen) atoms. The fourth-order valence-electron chi connectivity index (χ4n) is 1.82. The molecule has 0 unspecified atom stereocenters. The van der Waals surface area contributed by atoms with Gasteiger partial charge in [-0.1, -0.05) is 18.2 Å². The lowest BCUT2D eigenvalue weighted by molar-refractivity contribution is 0.0691. The van der Waals surface area contributed by atoms with E-state index in [1.807, 2.05) is 0 Å². The number of carboxylic acids is 1. The predicted molar refractivity (Wildman–Crippen MR) is 75.3 cm³/mol. The van der Waals surface area contributed by atoms with Gasteiger partial charge in [-0.3, -0.25) is 4.72 Å². The minimum atomic E-state index is -4.00. The molecule has 2 rings (SSSR count). The van der Waals surface area contributed by atoms with Gasteiger partial charge in [0, 0.05) is 5.69 Å². The number of halogens is 1. The smallest absolute Gasteiger partial charge is 0.338 e. The molecule has 0 saturated heterocycles. The molecule has 0 saturated carbocycles. The highest BCUT2D eigenvalue weighted by molar-refractivity contribution is 7.92. The summed E-state index contributed by atoms with van der Waals surface area (Å²) in [5.41, 5.74) is -0.229. The first-order chi connectivity index (χ1) is 9.81. The van der Waals surface area contributed by atoms with E-state index in [4.69, 9.17) is 5.11 Å². The maximum atomic E-state index is 13.5. The van der Waals surface area contributed by atoms with E-state index in [9.17, 15) is 17.6 Å². The molecule has 0 spiro atoms. The molecule has 0 amide bonds. The summed E-state index contributed by atoms with van der Waals surface area (Å²) in [4.78, 5) is 10.6. The molecule has 0 aliphatic heterocycles. The third kappa shape index (κ3) is 3.19. The average Bonchev–Trinajstić information content (AvgIpc) is 2.38. The first-order valence-electron chi connectivity index (χ1n) is 5.92. The van der Waals surface area contributed by atoms with Crippen molar-refractivity contribution in [3.05, 3.63) is 59.4 Å². The van der Waals surface area contributed by atoms with Gasteiger partial charge >= 0.3 is 5.97 Å². The van der Waals surface area contributed by atoms with Crippen LogP contribution in [0.5, 0.6) is 0 Å². The molecular formula is C14H12FNO4S. The van der Waals surface area contributed by atoms with E-state index in [0.29, 0.717) is 5.69 Å². The Morgan fingerprint density at radius 2 is 1.81 bits per heavy atom. The number of benzene rings is 2. The fraction of sp³-hybridized carbons (Fsp3) is 0.0714. The summed E-state index contributed by atoms with van der Waals surface area (Å²) in [6.45, 7) is 1.40. The largest absolute Gasteiger partial charge is 0.478 e. The highest BCUT2D eigenvalue weighted by Crippen LogP contribution is 2.22. The second-order valence-corrected chi connectivity index (χ2v) is 6.03. The van der Waals surface area contributed by atoms with Crippen LogP contribution in [0.2, 0.25) is 0 Å². The van der Waals surface area contributed by atoms with Gasteiger partial charge in [0.15, 0.2) is 0 Å². The van der Waals surface area contributed by atoms with Crippen LogP contribution in [-0.4, -0.2) is 19.5 Å². The summed E-state index contributed by atoms with van der Waals surface area (Å²) < 4.78 is 40.4. The summed E-state index contributed by atoms with van der Waals surface area (Å²) in [5, 5.41) is 8.88. The Bertz CT molecular complexity index is 788. The van der Waals surface area contributed by atoms with E-state index in [2.05, 4.69) is 4.72 Å². The molecule has 5 nitrogen and oxygen atoms in total. The predicted octanol–water partition coefficient (Wildman–Crippen LogP) is 2.63. The number of sulfonamides is 1. The molecule has 2 aromatic rings. The number of carbonyl (C=O) groups is 1. The van der Waals surface area contributed by atoms with E-state index in [0.717, 1.165) is 12.1 Å². The molecule has 110 valence electrons. The number of aryl methyl sites for hydroxylation is 1. The number of carboxylic acid groups (broad SMARTS) is 1. The first-order valence-corrected chi connectivity index (χ1v) is 7.41. The van der Waals surface area contributed by atoms with Crippen molar-refractivity contribution in [1.29, 1.82) is 0 Å². The highest BCUT2D eigenvalue weighted by Gasteiger charge is 2.22. The van der Waals surface area contributed by atoms with Gasteiger partial charge < -0.3 is 5.11 Å². The molecule has 2 aromatic carbocycles. The lowest BCUT2D eigenvalue weighted by atomic mass is 10.1. The normalized spacial score (nSPS) is 11.1. The lowest BCUT2D eigenvalue weighted by Gasteiger charge is -2.11.